The number of benzene rings is 1. The molecule has 9 heteroatoms. The average Bonchev–Trinajstić information content (AvgIpc) is 2.92. The van der Waals surface area contributed by atoms with Gasteiger partial charge in [0.2, 0.25) is 0 Å². The summed E-state index contributed by atoms with van der Waals surface area (Å²) in [5, 5.41) is 26.9. The lowest BCUT2D eigenvalue weighted by atomic mass is 9.66. The standard InChI is InChI=1S/C16H17N3O6/c1-16(22)7-10-12(14(20)18-17-10)11(13(16)15(21)25-2)8-3-5-9(6-4-8)19(23)24/h3-6,11,13,22H,7H2,1-2H3,(H2,17,18,20)/t11-,13-,16+/m0/s1. The molecule has 1 aliphatic carbocycles. The predicted molar refractivity (Wildman–Crippen MR) is 86.2 cm³/mol. The second-order valence-electron chi connectivity index (χ2n) is 6.33. The van der Waals surface area contributed by atoms with Crippen molar-refractivity contribution in [2.75, 3.05) is 7.11 Å². The van der Waals surface area contributed by atoms with Gasteiger partial charge >= 0.3 is 5.97 Å². The largest absolute Gasteiger partial charge is 0.469 e. The average molecular weight is 347 g/mol. The molecule has 9 nitrogen and oxygen atoms in total. The topological polar surface area (TPSA) is 138 Å². The first kappa shape index (κ1) is 16.9. The van der Waals surface area contributed by atoms with Crippen molar-refractivity contribution in [2.45, 2.75) is 24.9 Å². The number of carbonyl (C=O) groups is 1. The number of esters is 1. The normalized spacial score (nSPS) is 25.2. The molecule has 0 spiro atoms. The molecule has 1 aliphatic rings. The van der Waals surface area contributed by atoms with Crippen molar-refractivity contribution < 1.29 is 19.6 Å². The van der Waals surface area contributed by atoms with E-state index in [0.29, 0.717) is 16.8 Å². The van der Waals surface area contributed by atoms with Gasteiger partial charge in [0.25, 0.3) is 11.2 Å². The van der Waals surface area contributed by atoms with Gasteiger partial charge in [-0.3, -0.25) is 24.8 Å². The molecule has 0 saturated heterocycles. The number of methoxy groups -OCH3 is 1. The van der Waals surface area contributed by atoms with Crippen LogP contribution in [0.3, 0.4) is 0 Å². The highest BCUT2D eigenvalue weighted by atomic mass is 16.6. The van der Waals surface area contributed by atoms with E-state index in [0.717, 1.165) is 0 Å². The third-order valence-corrected chi connectivity index (χ3v) is 4.66. The summed E-state index contributed by atoms with van der Waals surface area (Å²) < 4.78 is 4.84. The van der Waals surface area contributed by atoms with E-state index in [4.69, 9.17) is 4.74 Å². The molecule has 1 aromatic carbocycles. The second kappa shape index (κ2) is 5.85. The molecule has 0 saturated carbocycles. The van der Waals surface area contributed by atoms with Gasteiger partial charge in [-0.1, -0.05) is 12.1 Å². The Morgan fingerprint density at radius 2 is 2.00 bits per heavy atom. The van der Waals surface area contributed by atoms with Gasteiger partial charge in [-0.15, -0.1) is 0 Å². The molecular weight excluding hydrogens is 330 g/mol. The first-order valence-corrected chi connectivity index (χ1v) is 7.60. The number of hydrogen-bond donors (Lipinski definition) is 3. The Labute approximate surface area is 141 Å². The van der Waals surface area contributed by atoms with Gasteiger partial charge in [-0.05, 0) is 12.5 Å². The van der Waals surface area contributed by atoms with Crippen LogP contribution in [-0.4, -0.2) is 38.9 Å². The minimum absolute atomic E-state index is 0.0737. The second-order valence-corrected chi connectivity index (χ2v) is 6.33. The van der Waals surface area contributed by atoms with Crippen LogP contribution in [0.5, 0.6) is 0 Å². The number of nitrogens with one attached hydrogen (secondary N) is 2. The number of nitrogens with zero attached hydrogens (tertiary/aromatic N) is 1. The number of nitro benzene ring substituents is 1. The summed E-state index contributed by atoms with van der Waals surface area (Å²) in [4.78, 5) is 35.0. The van der Waals surface area contributed by atoms with Crippen molar-refractivity contribution in [1.82, 2.24) is 10.2 Å². The van der Waals surface area contributed by atoms with Crippen molar-refractivity contribution in [3.63, 3.8) is 0 Å². The van der Waals surface area contributed by atoms with E-state index < -0.39 is 33.9 Å². The fourth-order valence-corrected chi connectivity index (χ4v) is 3.55. The summed E-state index contributed by atoms with van der Waals surface area (Å²) in [7, 11) is 1.21. The van der Waals surface area contributed by atoms with E-state index in [9.17, 15) is 24.8 Å². The first-order valence-electron chi connectivity index (χ1n) is 7.60. The summed E-state index contributed by atoms with van der Waals surface area (Å²) in [6.07, 6.45) is 0.0737. The van der Waals surface area contributed by atoms with Gasteiger partial charge in [-0.25, -0.2) is 0 Å². The minimum atomic E-state index is -1.46. The molecule has 2 aromatic rings. The lowest BCUT2D eigenvalue weighted by Gasteiger charge is -2.40. The Balaban J connectivity index is 2.20. The van der Waals surface area contributed by atoms with E-state index in [1.54, 1.807) is 0 Å². The van der Waals surface area contributed by atoms with Crippen molar-refractivity contribution in [3.8, 4) is 0 Å². The van der Waals surface area contributed by atoms with Crippen LogP contribution in [0.1, 0.15) is 29.7 Å². The van der Waals surface area contributed by atoms with Gasteiger partial charge in [-0.2, -0.15) is 0 Å². The number of non-ortho nitro benzene ring substituents is 1. The number of aromatic amines is 2. The number of aliphatic hydroxyl groups is 1. The molecule has 25 heavy (non-hydrogen) atoms. The summed E-state index contributed by atoms with van der Waals surface area (Å²) in [6.45, 7) is 1.50. The van der Waals surface area contributed by atoms with E-state index in [2.05, 4.69) is 10.2 Å². The van der Waals surface area contributed by atoms with Gasteiger partial charge in [0, 0.05) is 35.7 Å². The Bertz CT molecular complexity index is 880. The lowest BCUT2D eigenvalue weighted by Crippen LogP contribution is -2.49. The molecular formula is C16H17N3O6. The number of rotatable bonds is 3. The Morgan fingerprint density at radius 1 is 1.36 bits per heavy atom. The molecule has 3 N–H and O–H groups in total. The van der Waals surface area contributed by atoms with Crippen LogP contribution < -0.4 is 5.56 Å². The molecule has 0 aliphatic heterocycles. The fraction of sp³-hybridized carbons (Fsp3) is 0.375. The van der Waals surface area contributed by atoms with Crippen molar-refractivity contribution >= 4 is 11.7 Å². The number of carbonyl (C=O) groups excluding carboxylic acids is 1. The van der Waals surface area contributed by atoms with Gasteiger partial charge < -0.3 is 14.9 Å². The summed E-state index contributed by atoms with van der Waals surface area (Å²) >= 11 is 0. The Morgan fingerprint density at radius 3 is 2.56 bits per heavy atom. The molecule has 1 aromatic heterocycles. The van der Waals surface area contributed by atoms with E-state index in [1.807, 2.05) is 0 Å². The maximum atomic E-state index is 12.4. The molecule has 3 rings (SSSR count). The maximum absolute atomic E-state index is 12.4. The fourth-order valence-electron chi connectivity index (χ4n) is 3.55. The van der Waals surface area contributed by atoms with Crippen LogP contribution in [-0.2, 0) is 16.0 Å². The van der Waals surface area contributed by atoms with Crippen LogP contribution in [0.15, 0.2) is 29.1 Å². The van der Waals surface area contributed by atoms with Crippen molar-refractivity contribution in [2.24, 2.45) is 5.92 Å². The third-order valence-electron chi connectivity index (χ3n) is 4.66. The zero-order valence-electron chi connectivity index (χ0n) is 13.6. The highest BCUT2D eigenvalue weighted by molar-refractivity contribution is 5.77. The quantitative estimate of drug-likeness (QED) is 0.427. The lowest BCUT2D eigenvalue weighted by molar-refractivity contribution is -0.384. The Hall–Kier alpha value is -2.94. The highest BCUT2D eigenvalue weighted by Crippen LogP contribution is 2.44. The van der Waals surface area contributed by atoms with E-state index in [1.165, 1.54) is 38.3 Å². The number of ether oxygens (including phenoxy) is 1. The van der Waals surface area contributed by atoms with Crippen molar-refractivity contribution in [3.05, 3.63) is 61.6 Å². The van der Waals surface area contributed by atoms with Gasteiger partial charge in [0.05, 0.1) is 23.6 Å². The van der Waals surface area contributed by atoms with Crippen molar-refractivity contribution in [1.29, 1.82) is 0 Å². The van der Waals surface area contributed by atoms with Gasteiger partial charge in [0.15, 0.2) is 0 Å². The molecule has 0 radical (unpaired) electrons. The predicted octanol–water partition coefficient (Wildman–Crippen LogP) is 0.839. The monoisotopic (exact) mass is 347 g/mol. The van der Waals surface area contributed by atoms with Crippen LogP contribution in [0.25, 0.3) is 0 Å². The zero-order chi connectivity index (χ0) is 18.4. The SMILES string of the molecule is COC(=O)[C@@H]1[C@@H](c2ccc([N+](=O)[O-])cc2)c2c([nH][nH]c2=O)C[C@@]1(C)O. The zero-order valence-corrected chi connectivity index (χ0v) is 13.6. The number of nitro groups is 1. The minimum Gasteiger partial charge on any atom is -0.469 e. The molecule has 0 amide bonds. The number of fused-ring (bicyclic) bond motifs is 1. The van der Waals surface area contributed by atoms with Crippen LogP contribution in [0.2, 0.25) is 0 Å². The third kappa shape index (κ3) is 2.72. The summed E-state index contributed by atoms with van der Waals surface area (Å²) in [6, 6.07) is 5.56. The molecule has 0 bridgehead atoms. The van der Waals surface area contributed by atoms with E-state index in [-0.39, 0.29) is 12.1 Å². The van der Waals surface area contributed by atoms with Crippen LogP contribution in [0, 0.1) is 16.0 Å². The molecule has 132 valence electrons. The molecule has 3 atom stereocenters. The Kier molecular flexibility index (Phi) is 3.96. The first-order chi connectivity index (χ1) is 11.8. The number of H-pyrrole nitrogens is 2. The maximum Gasteiger partial charge on any atom is 0.312 e. The smallest absolute Gasteiger partial charge is 0.312 e. The summed E-state index contributed by atoms with van der Waals surface area (Å²) in [5.41, 5.74) is -0.633. The number of hydrogen-bond acceptors (Lipinski definition) is 6. The van der Waals surface area contributed by atoms with Crippen LogP contribution >= 0.6 is 0 Å². The van der Waals surface area contributed by atoms with E-state index >= 15 is 0 Å². The number of aromatic nitrogens is 2. The highest BCUT2D eigenvalue weighted by Gasteiger charge is 2.51. The van der Waals surface area contributed by atoms with Gasteiger partial charge in [0.1, 0.15) is 0 Å². The summed E-state index contributed by atoms with van der Waals surface area (Å²) in [5.74, 6) is -2.47. The van der Waals surface area contributed by atoms with Crippen LogP contribution in [0.4, 0.5) is 5.69 Å². The molecule has 1 heterocycles. The molecule has 0 fully saturated rings. The molecule has 0 unspecified atom stereocenters.